The fourth-order valence-electron chi connectivity index (χ4n) is 2.95. The fraction of sp³-hybridized carbons (Fsp3) is 0.625. The first-order valence-corrected chi connectivity index (χ1v) is 8.41. The average Bonchev–Trinajstić information content (AvgIpc) is 2.96. The highest BCUT2D eigenvalue weighted by atomic mass is 19.4. The molecular weight excluding hydrogens is 365 g/mol. The Morgan fingerprint density at radius 2 is 1.96 bits per heavy atom. The number of nitrogens with one attached hydrogen (secondary N) is 2. The zero-order valence-electron chi connectivity index (χ0n) is 15.5. The summed E-state index contributed by atoms with van der Waals surface area (Å²) in [4.78, 5) is 3.93. The molecule has 1 atom stereocenters. The minimum atomic E-state index is -4.56. The van der Waals surface area contributed by atoms with Crippen molar-refractivity contribution in [1.29, 1.82) is 0 Å². The monoisotopic (exact) mass is 388 g/mol. The van der Waals surface area contributed by atoms with Crippen molar-refractivity contribution in [3.63, 3.8) is 0 Å². The minimum absolute atomic E-state index is 0.174. The van der Waals surface area contributed by atoms with Crippen molar-refractivity contribution in [3.05, 3.63) is 28.8 Å². The van der Waals surface area contributed by atoms with E-state index in [9.17, 15) is 13.2 Å². The van der Waals surface area contributed by atoms with Gasteiger partial charge in [-0.25, -0.2) is 4.99 Å². The van der Waals surface area contributed by atoms with E-state index in [0.29, 0.717) is 24.5 Å². The van der Waals surface area contributed by atoms with Crippen LogP contribution in [0.25, 0.3) is 0 Å². The Morgan fingerprint density at radius 1 is 1.33 bits per heavy atom. The van der Waals surface area contributed by atoms with Gasteiger partial charge >= 0.3 is 6.18 Å². The van der Waals surface area contributed by atoms with E-state index in [1.165, 1.54) is 7.05 Å². The number of nitrogens with zero attached hydrogens (tertiary/aromatic N) is 3. The van der Waals surface area contributed by atoms with Crippen molar-refractivity contribution < 1.29 is 22.6 Å². The molecule has 1 aromatic heterocycles. The van der Waals surface area contributed by atoms with Crippen LogP contribution in [0, 0.1) is 6.92 Å². The number of ether oxygens (including phenoxy) is 2. The molecular formula is C16H23F3N6O2. The van der Waals surface area contributed by atoms with E-state index in [1.54, 1.807) is 17.8 Å². The van der Waals surface area contributed by atoms with Crippen molar-refractivity contribution in [2.75, 3.05) is 20.3 Å². The molecule has 1 fully saturated rings. The van der Waals surface area contributed by atoms with Gasteiger partial charge < -0.3 is 20.1 Å². The number of aromatic nitrogens is 2. The summed E-state index contributed by atoms with van der Waals surface area (Å²) in [5.74, 6) is -2.49. The van der Waals surface area contributed by atoms with Gasteiger partial charge in [-0.15, -0.1) is 0 Å². The molecule has 0 spiro atoms. The van der Waals surface area contributed by atoms with Gasteiger partial charge in [0.05, 0.1) is 30.5 Å². The molecule has 2 aliphatic heterocycles. The number of aryl methyl sites for hydroxylation is 1. The molecule has 0 aliphatic carbocycles. The largest absolute Gasteiger partial charge is 0.421 e. The molecule has 3 rings (SSSR count). The predicted molar refractivity (Wildman–Crippen MR) is 91.6 cm³/mol. The van der Waals surface area contributed by atoms with E-state index in [0.717, 1.165) is 6.21 Å². The summed E-state index contributed by atoms with van der Waals surface area (Å²) in [5, 5.41) is 9.55. The Labute approximate surface area is 154 Å². The van der Waals surface area contributed by atoms with Crippen molar-refractivity contribution >= 4 is 6.21 Å². The standard InChI is InChI=1S/C16H23F3N6O2/c1-9-12(6-25(24-9)10-7-26-14(2,3)27-8-10)16(20)22-5-11(15(17,18)19)13(21-4)23-16/h5-6,10,21,23H,7-8,20H2,1-4H3. The first kappa shape index (κ1) is 19.6. The molecule has 27 heavy (non-hydrogen) atoms. The number of halogens is 3. The summed E-state index contributed by atoms with van der Waals surface area (Å²) in [6.07, 6.45) is -2.17. The second-order valence-corrected chi connectivity index (χ2v) is 6.97. The molecule has 1 aromatic rings. The molecule has 1 unspecified atom stereocenters. The Balaban J connectivity index is 1.87. The third-order valence-electron chi connectivity index (χ3n) is 4.49. The van der Waals surface area contributed by atoms with Crippen LogP contribution in [-0.4, -0.2) is 48.2 Å². The fourth-order valence-corrected chi connectivity index (χ4v) is 2.95. The highest BCUT2D eigenvalue weighted by Gasteiger charge is 2.42. The van der Waals surface area contributed by atoms with E-state index in [4.69, 9.17) is 15.2 Å². The van der Waals surface area contributed by atoms with Crippen molar-refractivity contribution in [2.24, 2.45) is 10.7 Å². The van der Waals surface area contributed by atoms with Gasteiger partial charge in [0, 0.05) is 19.5 Å². The molecule has 150 valence electrons. The second-order valence-electron chi connectivity index (χ2n) is 6.97. The summed E-state index contributed by atoms with van der Waals surface area (Å²) in [5.41, 5.74) is 6.34. The lowest BCUT2D eigenvalue weighted by Crippen LogP contribution is -2.54. The molecule has 3 heterocycles. The maximum absolute atomic E-state index is 13.1. The van der Waals surface area contributed by atoms with E-state index in [2.05, 4.69) is 20.7 Å². The molecule has 8 nitrogen and oxygen atoms in total. The maximum Gasteiger partial charge on any atom is 0.421 e. The Bertz CT molecular complexity index is 776. The van der Waals surface area contributed by atoms with Crippen LogP contribution >= 0.6 is 0 Å². The van der Waals surface area contributed by atoms with Crippen LogP contribution in [0.2, 0.25) is 0 Å². The lowest BCUT2D eigenvalue weighted by atomic mass is 10.1. The Morgan fingerprint density at radius 3 is 2.52 bits per heavy atom. The molecule has 2 aliphatic rings. The lowest BCUT2D eigenvalue weighted by molar-refractivity contribution is -0.259. The number of hydrogen-bond donors (Lipinski definition) is 3. The average molecular weight is 388 g/mol. The van der Waals surface area contributed by atoms with Crippen LogP contribution in [0.5, 0.6) is 0 Å². The molecule has 1 saturated heterocycles. The van der Waals surface area contributed by atoms with Gasteiger partial charge in [-0.1, -0.05) is 0 Å². The number of hydrogen-bond acceptors (Lipinski definition) is 7. The first-order chi connectivity index (χ1) is 12.5. The summed E-state index contributed by atoms with van der Waals surface area (Å²) in [6.45, 7) is 6.14. The van der Waals surface area contributed by atoms with Gasteiger partial charge in [0.15, 0.2) is 5.79 Å². The normalized spacial score (nSPS) is 26.2. The highest BCUT2D eigenvalue weighted by Crippen LogP contribution is 2.32. The molecule has 11 heteroatoms. The quantitative estimate of drug-likeness (QED) is 0.721. The van der Waals surface area contributed by atoms with Crippen molar-refractivity contribution in [2.45, 2.75) is 44.6 Å². The van der Waals surface area contributed by atoms with Crippen LogP contribution in [0.1, 0.15) is 31.1 Å². The number of rotatable bonds is 3. The number of alkyl halides is 3. The van der Waals surface area contributed by atoms with Gasteiger partial charge in [0.25, 0.3) is 0 Å². The van der Waals surface area contributed by atoms with E-state index >= 15 is 0 Å². The zero-order chi connectivity index (χ0) is 20.0. The molecule has 0 bridgehead atoms. The maximum atomic E-state index is 13.1. The summed E-state index contributed by atoms with van der Waals surface area (Å²) in [6, 6.07) is -0.174. The molecule has 0 saturated carbocycles. The Kier molecular flexibility index (Phi) is 4.73. The SMILES string of the molecule is CNC1=C(C(F)(F)F)C=NC(N)(c2cn(C3COC(C)(C)OC3)nc2C)N1. The van der Waals surface area contributed by atoms with E-state index < -0.39 is 23.3 Å². The first-order valence-electron chi connectivity index (χ1n) is 8.41. The summed E-state index contributed by atoms with van der Waals surface area (Å²) >= 11 is 0. The van der Waals surface area contributed by atoms with Gasteiger partial charge in [-0.2, -0.15) is 18.3 Å². The lowest BCUT2D eigenvalue weighted by Gasteiger charge is -2.35. The van der Waals surface area contributed by atoms with Crippen LogP contribution < -0.4 is 16.4 Å². The third kappa shape index (κ3) is 3.80. The number of nitrogens with two attached hydrogens (primary N) is 1. The Hall–Kier alpha value is -2.11. The van der Waals surface area contributed by atoms with Crippen LogP contribution in [0.15, 0.2) is 22.6 Å². The topological polar surface area (TPSA) is 98.7 Å². The van der Waals surface area contributed by atoms with Gasteiger partial charge in [0.2, 0.25) is 5.79 Å². The van der Waals surface area contributed by atoms with Gasteiger partial charge in [0.1, 0.15) is 11.4 Å². The van der Waals surface area contributed by atoms with Crippen LogP contribution in [0.4, 0.5) is 13.2 Å². The smallest absolute Gasteiger partial charge is 0.374 e. The molecule has 0 radical (unpaired) electrons. The third-order valence-corrected chi connectivity index (χ3v) is 4.49. The molecule has 0 aromatic carbocycles. The minimum Gasteiger partial charge on any atom is -0.374 e. The van der Waals surface area contributed by atoms with Gasteiger partial charge in [-0.3, -0.25) is 10.4 Å². The van der Waals surface area contributed by atoms with Gasteiger partial charge in [-0.05, 0) is 20.8 Å². The van der Waals surface area contributed by atoms with Crippen molar-refractivity contribution in [3.8, 4) is 0 Å². The molecule has 0 amide bonds. The highest BCUT2D eigenvalue weighted by molar-refractivity contribution is 5.82. The zero-order valence-corrected chi connectivity index (χ0v) is 15.5. The van der Waals surface area contributed by atoms with Crippen LogP contribution in [-0.2, 0) is 15.3 Å². The molecule has 4 N–H and O–H groups in total. The van der Waals surface area contributed by atoms with E-state index in [1.807, 2.05) is 13.8 Å². The van der Waals surface area contributed by atoms with E-state index in [-0.39, 0.29) is 11.9 Å². The summed E-state index contributed by atoms with van der Waals surface area (Å²) in [7, 11) is 1.38. The second kappa shape index (κ2) is 6.50. The number of aliphatic imine (C=N–C) groups is 1. The number of allylic oxidation sites excluding steroid dienone is 1. The van der Waals surface area contributed by atoms with Crippen molar-refractivity contribution in [1.82, 2.24) is 20.4 Å². The van der Waals surface area contributed by atoms with Crippen LogP contribution in [0.3, 0.4) is 0 Å². The predicted octanol–water partition coefficient (Wildman–Crippen LogP) is 1.25. The summed E-state index contributed by atoms with van der Waals surface area (Å²) < 4.78 is 52.2.